The van der Waals surface area contributed by atoms with Crippen molar-refractivity contribution in [1.82, 2.24) is 19.5 Å². The zero-order valence-electron chi connectivity index (χ0n) is 20.8. The van der Waals surface area contributed by atoms with Crippen LogP contribution in [-0.2, 0) is 21.1 Å². The van der Waals surface area contributed by atoms with E-state index in [-0.39, 0.29) is 21.1 Å². The number of rotatable bonds is 4. The molecule has 0 unspecified atom stereocenters. The fourth-order valence-electron chi connectivity index (χ4n) is 5.12. The topological polar surface area (TPSA) is 56.7 Å². The number of benzene rings is 4. The number of hydrogen-bond donors (Lipinski definition) is 0. The Balaban J connectivity index is 0.00000264. The average molecular weight is 714 g/mol. The molecular formula is C33H18N4OPtS. The minimum Gasteiger partial charge on any atom is -0.444 e. The van der Waals surface area contributed by atoms with Gasteiger partial charge in [0.25, 0.3) is 0 Å². The van der Waals surface area contributed by atoms with Gasteiger partial charge in [0.05, 0.1) is 22.0 Å². The van der Waals surface area contributed by atoms with Crippen molar-refractivity contribution in [3.63, 3.8) is 0 Å². The van der Waals surface area contributed by atoms with Crippen LogP contribution in [-0.4, -0.2) is 19.5 Å². The summed E-state index contributed by atoms with van der Waals surface area (Å²) in [5.41, 5.74) is 7.65. The molecule has 192 valence electrons. The van der Waals surface area contributed by atoms with Gasteiger partial charge in [-0.1, -0.05) is 41.8 Å². The largest absolute Gasteiger partial charge is 2.00 e. The molecule has 8 aromatic rings. The monoisotopic (exact) mass is 713 g/mol. The number of fused-ring (bicyclic) bond motifs is 4. The molecule has 8 rings (SSSR count). The summed E-state index contributed by atoms with van der Waals surface area (Å²) in [6, 6.07) is 38.2. The molecule has 0 fully saturated rings. The normalized spacial score (nSPS) is 11.3. The summed E-state index contributed by atoms with van der Waals surface area (Å²) in [6.07, 6.45) is 5.06. The quantitative estimate of drug-likeness (QED) is 0.172. The van der Waals surface area contributed by atoms with Crippen LogP contribution in [0.4, 0.5) is 0 Å². The van der Waals surface area contributed by atoms with Crippen LogP contribution < -0.4 is 0 Å². The van der Waals surface area contributed by atoms with Crippen molar-refractivity contribution in [1.29, 1.82) is 0 Å². The van der Waals surface area contributed by atoms with Crippen molar-refractivity contribution >= 4 is 43.4 Å². The number of oxazole rings is 1. The van der Waals surface area contributed by atoms with Crippen molar-refractivity contribution in [2.45, 2.75) is 0 Å². The average Bonchev–Trinajstić information content (AvgIpc) is 3.75. The summed E-state index contributed by atoms with van der Waals surface area (Å²) in [4.78, 5) is 13.8. The Labute approximate surface area is 248 Å². The maximum Gasteiger partial charge on any atom is 2.00 e. The Morgan fingerprint density at radius 1 is 0.725 bits per heavy atom. The SMILES string of the molecule is [Pt+2].[c-]1c(-c2ccccn2)cccc1-n1c2[c-]c(-c3nc4cccc(-c5ncco5)c4s3)ccc2c2ccccc21. The van der Waals surface area contributed by atoms with Gasteiger partial charge in [-0.05, 0) is 46.5 Å². The van der Waals surface area contributed by atoms with Gasteiger partial charge in [0.1, 0.15) is 6.26 Å². The summed E-state index contributed by atoms with van der Waals surface area (Å²) < 4.78 is 8.86. The minimum absolute atomic E-state index is 0. The van der Waals surface area contributed by atoms with E-state index in [4.69, 9.17) is 9.40 Å². The van der Waals surface area contributed by atoms with Crippen molar-refractivity contribution in [3.05, 3.63) is 122 Å². The van der Waals surface area contributed by atoms with E-state index in [9.17, 15) is 0 Å². The molecule has 7 heteroatoms. The zero-order chi connectivity index (χ0) is 25.8. The number of nitrogens with zero attached hydrogens (tertiary/aromatic N) is 4. The van der Waals surface area contributed by atoms with Gasteiger partial charge in [-0.3, -0.25) is 4.98 Å². The molecule has 0 bridgehead atoms. The summed E-state index contributed by atoms with van der Waals surface area (Å²) in [5, 5.41) is 3.20. The smallest absolute Gasteiger partial charge is 0.444 e. The molecule has 4 aromatic heterocycles. The summed E-state index contributed by atoms with van der Waals surface area (Å²) in [6.45, 7) is 0. The van der Waals surface area contributed by atoms with E-state index >= 15 is 0 Å². The van der Waals surface area contributed by atoms with Gasteiger partial charge in [0, 0.05) is 16.7 Å². The van der Waals surface area contributed by atoms with Gasteiger partial charge in [0.2, 0.25) is 5.89 Å². The maximum absolute atomic E-state index is 5.59. The van der Waals surface area contributed by atoms with Gasteiger partial charge < -0.3 is 14.0 Å². The molecule has 0 aliphatic rings. The third kappa shape index (κ3) is 4.00. The second-order valence-electron chi connectivity index (χ2n) is 9.16. The molecule has 0 spiro atoms. The number of hydrogen-bond acceptors (Lipinski definition) is 5. The van der Waals surface area contributed by atoms with Crippen molar-refractivity contribution in [2.75, 3.05) is 0 Å². The second-order valence-corrected chi connectivity index (χ2v) is 10.2. The van der Waals surface area contributed by atoms with Crippen LogP contribution >= 0.6 is 11.3 Å². The number of pyridine rings is 1. The number of para-hydroxylation sites is 1. The van der Waals surface area contributed by atoms with Crippen LogP contribution in [0.25, 0.3) is 71.0 Å². The predicted octanol–water partition coefficient (Wildman–Crippen LogP) is 8.38. The Kier molecular flexibility index (Phi) is 6.15. The van der Waals surface area contributed by atoms with Crippen LogP contribution in [0.15, 0.2) is 114 Å². The molecule has 0 amide bonds. The molecule has 0 saturated heterocycles. The zero-order valence-corrected chi connectivity index (χ0v) is 23.9. The molecule has 0 N–H and O–H groups in total. The molecular weight excluding hydrogens is 696 g/mol. The van der Waals surface area contributed by atoms with Crippen LogP contribution in [0.3, 0.4) is 0 Å². The van der Waals surface area contributed by atoms with Crippen molar-refractivity contribution < 1.29 is 25.5 Å². The Morgan fingerprint density at radius 3 is 2.50 bits per heavy atom. The van der Waals surface area contributed by atoms with E-state index in [1.54, 1.807) is 23.8 Å². The van der Waals surface area contributed by atoms with Crippen LogP contribution in [0, 0.1) is 12.1 Å². The maximum atomic E-state index is 5.59. The third-order valence-electron chi connectivity index (χ3n) is 6.85. The summed E-state index contributed by atoms with van der Waals surface area (Å²) in [5.74, 6) is 0.596. The van der Waals surface area contributed by atoms with Gasteiger partial charge in [-0.2, -0.15) is 11.3 Å². The molecule has 0 atom stereocenters. The molecule has 5 nitrogen and oxygen atoms in total. The third-order valence-corrected chi connectivity index (χ3v) is 7.99. The predicted molar refractivity (Wildman–Crippen MR) is 156 cm³/mol. The molecule has 4 heterocycles. The van der Waals surface area contributed by atoms with Crippen molar-refractivity contribution in [2.24, 2.45) is 0 Å². The summed E-state index contributed by atoms with van der Waals surface area (Å²) >= 11 is 1.62. The summed E-state index contributed by atoms with van der Waals surface area (Å²) in [7, 11) is 0. The van der Waals surface area contributed by atoms with E-state index in [0.717, 1.165) is 59.7 Å². The fraction of sp³-hybridized carbons (Fsp3) is 0. The van der Waals surface area contributed by atoms with Gasteiger partial charge in [0.15, 0.2) is 0 Å². The molecule has 0 aliphatic carbocycles. The Bertz CT molecular complexity index is 2130. The van der Waals surface area contributed by atoms with E-state index in [0.29, 0.717) is 5.89 Å². The standard InChI is InChI=1S/C33H18N4OS.Pt/c1-2-13-29-24(9-1)25-15-14-22(33-36-28-12-6-10-26(31(28)39-33)32-35-17-18-38-32)20-30(25)37(29)23-8-5-7-21(19-23)27-11-3-4-16-34-27;/h1-18H;/q-2;+2. The van der Waals surface area contributed by atoms with Crippen LogP contribution in [0.2, 0.25) is 0 Å². The van der Waals surface area contributed by atoms with Crippen molar-refractivity contribution in [3.8, 4) is 39.0 Å². The fourth-order valence-corrected chi connectivity index (χ4v) is 6.17. The molecule has 0 radical (unpaired) electrons. The molecule has 40 heavy (non-hydrogen) atoms. The van der Waals surface area contributed by atoms with E-state index < -0.39 is 0 Å². The number of aromatic nitrogens is 4. The molecule has 0 saturated carbocycles. The van der Waals surface area contributed by atoms with Gasteiger partial charge in [-0.15, -0.1) is 53.6 Å². The second kappa shape index (κ2) is 9.98. The number of thiazole rings is 1. The first kappa shape index (κ1) is 24.6. The first-order valence-electron chi connectivity index (χ1n) is 12.5. The van der Waals surface area contributed by atoms with Gasteiger partial charge >= 0.3 is 21.1 Å². The Morgan fingerprint density at radius 2 is 1.62 bits per heavy atom. The first-order valence-corrected chi connectivity index (χ1v) is 13.3. The molecule has 4 aromatic carbocycles. The van der Waals surface area contributed by atoms with E-state index in [1.165, 1.54) is 5.39 Å². The Hall–Kier alpha value is -4.38. The van der Waals surface area contributed by atoms with Gasteiger partial charge in [-0.25, -0.2) is 4.98 Å². The van der Waals surface area contributed by atoms with Crippen LogP contribution in [0.1, 0.15) is 0 Å². The van der Waals surface area contributed by atoms with E-state index in [2.05, 4.69) is 75.2 Å². The van der Waals surface area contributed by atoms with Crippen LogP contribution in [0.5, 0.6) is 0 Å². The van der Waals surface area contributed by atoms with E-state index in [1.807, 2.05) is 48.7 Å². The first-order chi connectivity index (χ1) is 19.3. The molecule has 0 aliphatic heterocycles. The minimum atomic E-state index is 0.